The van der Waals surface area contributed by atoms with Crippen LogP contribution in [0.4, 0.5) is 0 Å². The molecule has 1 aliphatic rings. The van der Waals surface area contributed by atoms with E-state index < -0.39 is 5.97 Å². The lowest BCUT2D eigenvalue weighted by Gasteiger charge is -2.34. The molecule has 1 aromatic heterocycles. The summed E-state index contributed by atoms with van der Waals surface area (Å²) in [6, 6.07) is 5.83. The first-order valence-corrected chi connectivity index (χ1v) is 8.20. The number of carbonyl (C=O) groups excluding carboxylic acids is 1. The van der Waals surface area contributed by atoms with Crippen molar-refractivity contribution in [2.24, 2.45) is 0 Å². The Hall–Kier alpha value is -2.45. The van der Waals surface area contributed by atoms with Crippen LogP contribution in [0, 0.1) is 6.92 Å². The van der Waals surface area contributed by atoms with Gasteiger partial charge < -0.3 is 14.7 Å². The molecule has 0 radical (unpaired) electrons. The normalized spacial score (nSPS) is 18.0. The van der Waals surface area contributed by atoms with E-state index in [4.69, 9.17) is 9.84 Å². The van der Waals surface area contributed by atoms with Crippen molar-refractivity contribution in [2.75, 3.05) is 39.8 Å². The topological polar surface area (TPSA) is 98.8 Å². The van der Waals surface area contributed by atoms with Gasteiger partial charge in [0.25, 0.3) is 5.91 Å². The molecule has 2 aromatic rings. The van der Waals surface area contributed by atoms with Crippen LogP contribution in [0.3, 0.4) is 0 Å². The van der Waals surface area contributed by atoms with Crippen LogP contribution >= 0.6 is 0 Å². The molecule has 134 valence electrons. The monoisotopic (exact) mass is 346 g/mol. The van der Waals surface area contributed by atoms with Gasteiger partial charge in [-0.15, -0.1) is 0 Å². The van der Waals surface area contributed by atoms with Gasteiger partial charge in [0.1, 0.15) is 0 Å². The summed E-state index contributed by atoms with van der Waals surface area (Å²) in [6.07, 6.45) is -0.214. The SMILES string of the molecule is Cc1ccc2[nH]nc(C(=O)N3CCO[C@H](CN(C)CC(=O)O)C3)c2c1. The van der Waals surface area contributed by atoms with Gasteiger partial charge in [0, 0.05) is 25.0 Å². The first-order valence-electron chi connectivity index (χ1n) is 8.20. The molecule has 1 aromatic carbocycles. The summed E-state index contributed by atoms with van der Waals surface area (Å²) in [4.78, 5) is 27.0. The van der Waals surface area contributed by atoms with E-state index in [9.17, 15) is 9.59 Å². The van der Waals surface area contributed by atoms with Crippen molar-refractivity contribution >= 4 is 22.8 Å². The number of hydrogen-bond donors (Lipinski definition) is 2. The zero-order chi connectivity index (χ0) is 18.0. The van der Waals surface area contributed by atoms with Gasteiger partial charge in [0.2, 0.25) is 0 Å². The van der Waals surface area contributed by atoms with Gasteiger partial charge in [-0.05, 0) is 26.1 Å². The van der Waals surface area contributed by atoms with E-state index in [0.29, 0.717) is 31.9 Å². The molecule has 2 N–H and O–H groups in total. The fourth-order valence-corrected chi connectivity index (χ4v) is 3.10. The zero-order valence-corrected chi connectivity index (χ0v) is 14.4. The summed E-state index contributed by atoms with van der Waals surface area (Å²) >= 11 is 0. The van der Waals surface area contributed by atoms with Crippen molar-refractivity contribution in [3.8, 4) is 0 Å². The molecule has 3 rings (SSSR count). The highest BCUT2D eigenvalue weighted by molar-refractivity contribution is 6.04. The fourth-order valence-electron chi connectivity index (χ4n) is 3.10. The van der Waals surface area contributed by atoms with E-state index in [2.05, 4.69) is 10.2 Å². The van der Waals surface area contributed by atoms with Gasteiger partial charge in [-0.2, -0.15) is 5.10 Å². The zero-order valence-electron chi connectivity index (χ0n) is 14.4. The number of carboxylic acid groups (broad SMARTS) is 1. The van der Waals surface area contributed by atoms with Crippen LogP contribution in [0.5, 0.6) is 0 Å². The van der Waals surface area contributed by atoms with Crippen LogP contribution < -0.4 is 0 Å². The molecule has 1 atom stereocenters. The summed E-state index contributed by atoms with van der Waals surface area (Å²) in [5, 5.41) is 16.7. The van der Waals surface area contributed by atoms with E-state index in [1.807, 2.05) is 25.1 Å². The fraction of sp³-hybridized carbons (Fsp3) is 0.471. The molecule has 8 nitrogen and oxygen atoms in total. The van der Waals surface area contributed by atoms with Crippen molar-refractivity contribution in [3.05, 3.63) is 29.5 Å². The van der Waals surface area contributed by atoms with Crippen LogP contribution in [0.25, 0.3) is 10.9 Å². The molecule has 1 aliphatic heterocycles. The Kier molecular flexibility index (Phi) is 5.00. The van der Waals surface area contributed by atoms with E-state index in [-0.39, 0.29) is 18.6 Å². The number of aryl methyl sites for hydroxylation is 1. The standard InChI is InChI=1S/C17H22N4O4/c1-11-3-4-14-13(7-11)16(19-18-14)17(24)21-5-6-25-12(9-21)8-20(2)10-15(22)23/h3-4,7,12H,5-6,8-10H2,1-2H3,(H,18,19)(H,22,23)/t12-/m1/s1. The van der Waals surface area contributed by atoms with E-state index in [1.54, 1.807) is 16.8 Å². The highest BCUT2D eigenvalue weighted by Crippen LogP contribution is 2.20. The summed E-state index contributed by atoms with van der Waals surface area (Å²) in [5.74, 6) is -1.02. The van der Waals surface area contributed by atoms with Crippen LogP contribution in [0.2, 0.25) is 0 Å². The molecule has 1 saturated heterocycles. The van der Waals surface area contributed by atoms with Crippen molar-refractivity contribution in [2.45, 2.75) is 13.0 Å². The lowest BCUT2D eigenvalue weighted by atomic mass is 10.1. The predicted octanol–water partition coefficient (Wildman–Crippen LogP) is 0.729. The van der Waals surface area contributed by atoms with Crippen LogP contribution in [-0.4, -0.2) is 82.9 Å². The molecule has 0 bridgehead atoms. The third-order valence-corrected chi connectivity index (χ3v) is 4.27. The second-order valence-electron chi connectivity index (χ2n) is 6.46. The predicted molar refractivity (Wildman–Crippen MR) is 91.6 cm³/mol. The Labute approximate surface area is 145 Å². The molecule has 0 unspecified atom stereocenters. The Balaban J connectivity index is 1.71. The lowest BCUT2D eigenvalue weighted by Crippen LogP contribution is -2.49. The van der Waals surface area contributed by atoms with Gasteiger partial charge in [0.05, 0.1) is 24.8 Å². The minimum absolute atomic E-state index is 0.0584. The third kappa shape index (κ3) is 3.97. The Morgan fingerprint density at radius 2 is 2.28 bits per heavy atom. The third-order valence-electron chi connectivity index (χ3n) is 4.27. The van der Waals surface area contributed by atoms with Crippen molar-refractivity contribution in [3.63, 3.8) is 0 Å². The molecule has 25 heavy (non-hydrogen) atoms. The maximum absolute atomic E-state index is 12.9. The largest absolute Gasteiger partial charge is 0.480 e. The first-order chi connectivity index (χ1) is 11.9. The van der Waals surface area contributed by atoms with Gasteiger partial charge in [-0.3, -0.25) is 19.6 Å². The smallest absolute Gasteiger partial charge is 0.317 e. The number of carbonyl (C=O) groups is 2. The van der Waals surface area contributed by atoms with E-state index >= 15 is 0 Å². The van der Waals surface area contributed by atoms with Gasteiger partial charge in [-0.1, -0.05) is 11.6 Å². The number of aromatic amines is 1. The van der Waals surface area contributed by atoms with Crippen molar-refractivity contribution in [1.29, 1.82) is 0 Å². The Morgan fingerprint density at radius 1 is 1.48 bits per heavy atom. The Morgan fingerprint density at radius 3 is 3.04 bits per heavy atom. The molecule has 1 amide bonds. The molecule has 0 spiro atoms. The molecule has 0 saturated carbocycles. The quantitative estimate of drug-likeness (QED) is 0.828. The number of hydrogen-bond acceptors (Lipinski definition) is 5. The maximum atomic E-state index is 12.9. The summed E-state index contributed by atoms with van der Waals surface area (Å²) in [7, 11) is 1.72. The second-order valence-corrected chi connectivity index (χ2v) is 6.46. The minimum Gasteiger partial charge on any atom is -0.480 e. The first kappa shape index (κ1) is 17.4. The number of ether oxygens (including phenoxy) is 1. The van der Waals surface area contributed by atoms with Gasteiger partial charge in [0.15, 0.2) is 5.69 Å². The van der Waals surface area contributed by atoms with Crippen molar-refractivity contribution < 1.29 is 19.4 Å². The average molecular weight is 346 g/mol. The molecule has 2 heterocycles. The van der Waals surface area contributed by atoms with E-state index in [0.717, 1.165) is 16.5 Å². The molecule has 1 fully saturated rings. The molecular weight excluding hydrogens is 324 g/mol. The molecular formula is C17H22N4O4. The number of fused-ring (bicyclic) bond motifs is 1. The number of nitrogens with one attached hydrogen (secondary N) is 1. The number of H-pyrrole nitrogens is 1. The number of amides is 1. The maximum Gasteiger partial charge on any atom is 0.317 e. The van der Waals surface area contributed by atoms with Crippen LogP contribution in [0.1, 0.15) is 16.1 Å². The van der Waals surface area contributed by atoms with Crippen LogP contribution in [-0.2, 0) is 9.53 Å². The number of aliphatic carboxylic acids is 1. The second kappa shape index (κ2) is 7.20. The summed E-state index contributed by atoms with van der Waals surface area (Å²) in [6.45, 7) is 3.72. The number of morpholine rings is 1. The molecule has 0 aliphatic carbocycles. The highest BCUT2D eigenvalue weighted by atomic mass is 16.5. The number of aromatic nitrogens is 2. The number of rotatable bonds is 5. The Bertz CT molecular complexity index is 788. The number of carboxylic acids is 1. The number of nitrogens with zero attached hydrogens (tertiary/aromatic N) is 3. The van der Waals surface area contributed by atoms with Gasteiger partial charge in [-0.25, -0.2) is 0 Å². The number of likely N-dealkylation sites (N-methyl/N-ethyl adjacent to an activating group) is 1. The number of benzene rings is 1. The van der Waals surface area contributed by atoms with Crippen LogP contribution in [0.15, 0.2) is 18.2 Å². The average Bonchev–Trinajstić information content (AvgIpc) is 2.96. The van der Waals surface area contributed by atoms with Gasteiger partial charge >= 0.3 is 5.97 Å². The minimum atomic E-state index is -0.885. The summed E-state index contributed by atoms with van der Waals surface area (Å²) in [5.41, 5.74) is 2.32. The van der Waals surface area contributed by atoms with Crippen molar-refractivity contribution in [1.82, 2.24) is 20.0 Å². The lowest BCUT2D eigenvalue weighted by molar-refractivity contribution is -0.138. The van der Waals surface area contributed by atoms with E-state index in [1.165, 1.54) is 0 Å². The molecule has 8 heteroatoms. The highest BCUT2D eigenvalue weighted by Gasteiger charge is 2.28. The summed E-state index contributed by atoms with van der Waals surface area (Å²) < 4.78 is 5.68.